The van der Waals surface area contributed by atoms with E-state index in [-0.39, 0.29) is 29.0 Å². The lowest BCUT2D eigenvalue weighted by molar-refractivity contribution is 0.0452. The fourth-order valence-electron chi connectivity index (χ4n) is 2.83. The molecule has 1 aliphatic heterocycles. The van der Waals surface area contributed by atoms with Crippen molar-refractivity contribution in [3.05, 3.63) is 23.8 Å². The van der Waals surface area contributed by atoms with Gasteiger partial charge >= 0.3 is 0 Å². The van der Waals surface area contributed by atoms with Crippen LogP contribution in [-0.2, 0) is 0 Å². The zero-order valence-electron chi connectivity index (χ0n) is 11.6. The number of likely N-dealkylation sites (tertiary alicyclic amines) is 1. The third-order valence-electron chi connectivity index (χ3n) is 4.07. The van der Waals surface area contributed by atoms with Crippen molar-refractivity contribution in [1.82, 2.24) is 4.90 Å². The monoisotopic (exact) mass is 263 g/mol. The van der Waals surface area contributed by atoms with Gasteiger partial charge < -0.3 is 15.1 Å². The van der Waals surface area contributed by atoms with Crippen LogP contribution in [-0.4, -0.2) is 33.6 Å². The molecule has 1 aliphatic rings. The van der Waals surface area contributed by atoms with Crippen molar-refractivity contribution >= 4 is 5.91 Å². The Bertz CT molecular complexity index is 486. The summed E-state index contributed by atoms with van der Waals surface area (Å²) in [6.45, 7) is 7.00. The lowest BCUT2D eigenvalue weighted by Gasteiger charge is -2.41. The molecule has 1 fully saturated rings. The van der Waals surface area contributed by atoms with Crippen molar-refractivity contribution in [1.29, 1.82) is 0 Å². The first-order chi connectivity index (χ1) is 8.90. The van der Waals surface area contributed by atoms with Gasteiger partial charge in [0.25, 0.3) is 5.91 Å². The van der Waals surface area contributed by atoms with E-state index in [1.165, 1.54) is 18.2 Å². The first kappa shape index (κ1) is 13.7. The van der Waals surface area contributed by atoms with Gasteiger partial charge in [-0.3, -0.25) is 4.79 Å². The summed E-state index contributed by atoms with van der Waals surface area (Å²) in [6.07, 6.45) is 1.11. The molecule has 104 valence electrons. The highest BCUT2D eigenvalue weighted by Crippen LogP contribution is 2.30. The molecule has 0 aromatic heterocycles. The molecule has 2 rings (SSSR count). The summed E-state index contributed by atoms with van der Waals surface area (Å²) < 4.78 is 0. The maximum Gasteiger partial charge on any atom is 0.258 e. The van der Waals surface area contributed by atoms with Gasteiger partial charge in [-0.2, -0.15) is 0 Å². The normalized spacial score (nSPS) is 27.3. The van der Waals surface area contributed by atoms with Gasteiger partial charge in [-0.15, -0.1) is 0 Å². The summed E-state index contributed by atoms with van der Waals surface area (Å²) in [5.74, 6) is 0.592. The Morgan fingerprint density at radius 1 is 1.26 bits per heavy atom. The van der Waals surface area contributed by atoms with Gasteiger partial charge in [0, 0.05) is 12.6 Å². The van der Waals surface area contributed by atoms with Crippen LogP contribution in [0, 0.1) is 11.8 Å². The SMILES string of the molecule is CC1CC(C)C(C)N(C(=O)c2cc(O)ccc2O)C1. The largest absolute Gasteiger partial charge is 0.508 e. The van der Waals surface area contributed by atoms with Crippen molar-refractivity contribution in [2.24, 2.45) is 11.8 Å². The molecular formula is C15H21NO3. The Morgan fingerprint density at radius 2 is 1.95 bits per heavy atom. The summed E-state index contributed by atoms with van der Waals surface area (Å²) in [5, 5.41) is 19.3. The van der Waals surface area contributed by atoms with Crippen LogP contribution in [0.5, 0.6) is 11.5 Å². The Hall–Kier alpha value is -1.71. The van der Waals surface area contributed by atoms with Gasteiger partial charge in [-0.1, -0.05) is 13.8 Å². The van der Waals surface area contributed by atoms with Gasteiger partial charge in [0.15, 0.2) is 0 Å². The highest BCUT2D eigenvalue weighted by Gasteiger charge is 2.33. The Morgan fingerprint density at radius 3 is 2.63 bits per heavy atom. The molecule has 4 heteroatoms. The predicted molar refractivity (Wildman–Crippen MR) is 73.2 cm³/mol. The molecule has 3 unspecified atom stereocenters. The molecular weight excluding hydrogens is 242 g/mol. The number of aromatic hydroxyl groups is 2. The molecule has 1 aromatic carbocycles. The second-order valence-electron chi connectivity index (χ2n) is 5.72. The Kier molecular flexibility index (Phi) is 3.69. The number of piperidine rings is 1. The standard InChI is InChI=1S/C15H21NO3/c1-9-6-10(2)11(3)16(8-9)15(19)13-7-12(17)4-5-14(13)18/h4-5,7,9-11,17-18H,6,8H2,1-3H3. The van der Waals surface area contributed by atoms with Crippen molar-refractivity contribution in [3.8, 4) is 11.5 Å². The summed E-state index contributed by atoms with van der Waals surface area (Å²) in [6, 6.07) is 4.19. The van der Waals surface area contributed by atoms with Crippen molar-refractivity contribution < 1.29 is 15.0 Å². The molecule has 4 nitrogen and oxygen atoms in total. The number of amides is 1. The Balaban J connectivity index is 2.30. The van der Waals surface area contributed by atoms with Gasteiger partial charge in [0.05, 0.1) is 5.56 Å². The number of hydrogen-bond donors (Lipinski definition) is 2. The van der Waals surface area contributed by atoms with E-state index >= 15 is 0 Å². The average Bonchev–Trinajstić information content (AvgIpc) is 2.36. The van der Waals surface area contributed by atoms with E-state index in [2.05, 4.69) is 13.8 Å². The summed E-state index contributed by atoms with van der Waals surface area (Å²) in [7, 11) is 0. The minimum atomic E-state index is -0.209. The molecule has 0 saturated carbocycles. The third-order valence-corrected chi connectivity index (χ3v) is 4.07. The van der Waals surface area contributed by atoms with E-state index in [0.717, 1.165) is 6.42 Å². The van der Waals surface area contributed by atoms with Crippen molar-refractivity contribution in [2.45, 2.75) is 33.2 Å². The van der Waals surface area contributed by atoms with Gasteiger partial charge in [0.1, 0.15) is 11.5 Å². The molecule has 19 heavy (non-hydrogen) atoms. The highest BCUT2D eigenvalue weighted by molar-refractivity contribution is 5.97. The van der Waals surface area contributed by atoms with Crippen LogP contribution < -0.4 is 0 Å². The van der Waals surface area contributed by atoms with E-state index < -0.39 is 0 Å². The molecule has 1 heterocycles. The molecule has 0 spiro atoms. The molecule has 1 aromatic rings. The fourth-order valence-corrected chi connectivity index (χ4v) is 2.83. The van der Waals surface area contributed by atoms with Crippen LogP contribution in [0.1, 0.15) is 37.6 Å². The van der Waals surface area contributed by atoms with Crippen LogP contribution in [0.3, 0.4) is 0 Å². The Labute approximate surface area is 113 Å². The number of phenols is 2. The molecule has 0 bridgehead atoms. The van der Waals surface area contributed by atoms with Gasteiger partial charge in [-0.25, -0.2) is 0 Å². The second kappa shape index (κ2) is 5.11. The minimum absolute atomic E-state index is 0.00749. The molecule has 1 amide bonds. The zero-order valence-corrected chi connectivity index (χ0v) is 11.6. The molecule has 1 saturated heterocycles. The van der Waals surface area contributed by atoms with E-state index in [0.29, 0.717) is 18.4 Å². The van der Waals surface area contributed by atoms with E-state index in [4.69, 9.17) is 0 Å². The second-order valence-corrected chi connectivity index (χ2v) is 5.72. The average molecular weight is 263 g/mol. The summed E-state index contributed by atoms with van der Waals surface area (Å²) in [5.41, 5.74) is 0.174. The topological polar surface area (TPSA) is 60.8 Å². The van der Waals surface area contributed by atoms with Crippen molar-refractivity contribution in [2.75, 3.05) is 6.54 Å². The van der Waals surface area contributed by atoms with Crippen LogP contribution in [0.25, 0.3) is 0 Å². The number of nitrogens with zero attached hydrogens (tertiary/aromatic N) is 1. The van der Waals surface area contributed by atoms with E-state index in [9.17, 15) is 15.0 Å². The minimum Gasteiger partial charge on any atom is -0.508 e. The first-order valence-electron chi connectivity index (χ1n) is 6.73. The molecule has 3 atom stereocenters. The lowest BCUT2D eigenvalue weighted by Crippen LogP contribution is -2.48. The number of benzene rings is 1. The number of phenolic OH excluding ortho intramolecular Hbond substituents is 2. The van der Waals surface area contributed by atoms with E-state index in [1.54, 1.807) is 4.90 Å². The number of rotatable bonds is 1. The fraction of sp³-hybridized carbons (Fsp3) is 0.533. The third kappa shape index (κ3) is 2.67. The first-order valence-corrected chi connectivity index (χ1v) is 6.73. The maximum atomic E-state index is 12.5. The van der Waals surface area contributed by atoms with Gasteiger partial charge in [-0.05, 0) is 43.4 Å². The predicted octanol–water partition coefficient (Wildman–Crippen LogP) is 2.60. The highest BCUT2D eigenvalue weighted by atomic mass is 16.3. The van der Waals surface area contributed by atoms with Crippen LogP contribution in [0.15, 0.2) is 18.2 Å². The summed E-state index contributed by atoms with van der Waals surface area (Å²) >= 11 is 0. The van der Waals surface area contributed by atoms with Crippen molar-refractivity contribution in [3.63, 3.8) is 0 Å². The van der Waals surface area contributed by atoms with Crippen LogP contribution in [0.2, 0.25) is 0 Å². The quantitative estimate of drug-likeness (QED) is 0.766. The maximum absolute atomic E-state index is 12.5. The van der Waals surface area contributed by atoms with Crippen LogP contribution in [0.4, 0.5) is 0 Å². The zero-order chi connectivity index (χ0) is 14.2. The van der Waals surface area contributed by atoms with Gasteiger partial charge in [0.2, 0.25) is 0 Å². The molecule has 0 radical (unpaired) electrons. The smallest absolute Gasteiger partial charge is 0.258 e. The number of hydrogen-bond acceptors (Lipinski definition) is 3. The number of carbonyl (C=O) groups excluding carboxylic acids is 1. The van der Waals surface area contributed by atoms with E-state index in [1.807, 2.05) is 6.92 Å². The summed E-state index contributed by atoms with van der Waals surface area (Å²) in [4.78, 5) is 14.3. The van der Waals surface area contributed by atoms with Crippen LogP contribution >= 0.6 is 0 Å². The number of carbonyl (C=O) groups is 1. The molecule has 0 aliphatic carbocycles. The lowest BCUT2D eigenvalue weighted by atomic mass is 9.85. The molecule has 2 N–H and O–H groups in total.